The Morgan fingerprint density at radius 3 is 2.46 bits per heavy atom. The lowest BCUT2D eigenvalue weighted by atomic mass is 9.76. The highest BCUT2D eigenvalue weighted by Crippen LogP contribution is 2.41. The molecule has 2 fully saturated rings. The van der Waals surface area contributed by atoms with E-state index >= 15 is 0 Å². The minimum atomic E-state index is -0.537. The van der Waals surface area contributed by atoms with Crippen molar-refractivity contribution in [1.29, 1.82) is 0 Å². The number of piperazine rings is 1. The van der Waals surface area contributed by atoms with Crippen LogP contribution in [0.25, 0.3) is 0 Å². The van der Waals surface area contributed by atoms with Crippen molar-refractivity contribution in [1.82, 2.24) is 14.7 Å². The van der Waals surface area contributed by atoms with Crippen molar-refractivity contribution >= 4 is 17.8 Å². The average molecular weight is 506 g/mol. The molecule has 8 nitrogen and oxygen atoms in total. The average Bonchev–Trinajstić information content (AvgIpc) is 3.47. The second kappa shape index (κ2) is 11.2. The van der Waals surface area contributed by atoms with E-state index in [0.717, 1.165) is 37.8 Å². The highest BCUT2D eigenvalue weighted by Gasteiger charge is 2.47. The van der Waals surface area contributed by atoms with E-state index < -0.39 is 5.97 Å². The quantitative estimate of drug-likeness (QED) is 0.423. The molecule has 0 N–H and O–H groups in total. The van der Waals surface area contributed by atoms with Gasteiger partial charge >= 0.3 is 5.97 Å². The molecular weight excluding hydrogens is 470 g/mol. The predicted octanol–water partition coefficient (Wildman–Crippen LogP) is 3.50. The molecule has 2 atom stereocenters. The SMILES string of the molecule is CCOC(=O)C1=C(N2CCN(C(=O)c3ccco3)CC2)C2CCCCC2N(CCc2ccccc2)C1=O. The molecular formula is C29H35N3O5. The third kappa shape index (κ3) is 5.15. The Balaban J connectivity index is 1.42. The topological polar surface area (TPSA) is 83.3 Å². The van der Waals surface area contributed by atoms with Gasteiger partial charge in [-0.05, 0) is 43.9 Å². The first kappa shape index (κ1) is 25.1. The third-order valence-corrected chi connectivity index (χ3v) is 7.82. The lowest BCUT2D eigenvalue weighted by molar-refractivity contribution is -0.145. The van der Waals surface area contributed by atoms with Gasteiger partial charge in [0.05, 0.1) is 12.9 Å². The number of fused-ring (bicyclic) bond motifs is 1. The maximum absolute atomic E-state index is 14.0. The van der Waals surface area contributed by atoms with Gasteiger partial charge in [0.1, 0.15) is 5.57 Å². The summed E-state index contributed by atoms with van der Waals surface area (Å²) in [6, 6.07) is 13.6. The van der Waals surface area contributed by atoms with Gasteiger partial charge in [0.15, 0.2) is 5.76 Å². The zero-order valence-electron chi connectivity index (χ0n) is 21.4. The van der Waals surface area contributed by atoms with Crippen molar-refractivity contribution in [3.63, 3.8) is 0 Å². The van der Waals surface area contributed by atoms with Gasteiger partial charge < -0.3 is 23.9 Å². The Labute approximate surface area is 217 Å². The number of carbonyl (C=O) groups is 3. The number of hydrogen-bond donors (Lipinski definition) is 0. The molecule has 1 aromatic carbocycles. The standard InChI is InChI=1S/C29H35N3O5/c1-2-36-29(35)25-26(30-16-18-31(19-17-30)27(33)24-13-8-20-37-24)22-11-6-7-12-23(22)32(28(25)34)15-14-21-9-4-3-5-10-21/h3-5,8-10,13,20,22-23H,2,6-7,11-12,14-19H2,1H3. The summed E-state index contributed by atoms with van der Waals surface area (Å²) in [6.07, 6.45) is 6.25. The van der Waals surface area contributed by atoms with E-state index in [-0.39, 0.29) is 36.0 Å². The molecule has 3 aliphatic rings. The summed E-state index contributed by atoms with van der Waals surface area (Å²) in [5.41, 5.74) is 2.19. The Bertz CT molecular complexity index is 1140. The zero-order valence-corrected chi connectivity index (χ0v) is 21.4. The van der Waals surface area contributed by atoms with E-state index in [1.165, 1.54) is 11.8 Å². The van der Waals surface area contributed by atoms with Crippen molar-refractivity contribution < 1.29 is 23.5 Å². The van der Waals surface area contributed by atoms with Crippen LogP contribution in [0.3, 0.4) is 0 Å². The number of amides is 2. The molecule has 1 saturated heterocycles. The summed E-state index contributed by atoms with van der Waals surface area (Å²) >= 11 is 0. The van der Waals surface area contributed by atoms with E-state index in [0.29, 0.717) is 38.5 Å². The van der Waals surface area contributed by atoms with Crippen molar-refractivity contribution in [2.24, 2.45) is 5.92 Å². The van der Waals surface area contributed by atoms with Gasteiger partial charge in [0, 0.05) is 50.4 Å². The Morgan fingerprint density at radius 2 is 1.76 bits per heavy atom. The fourth-order valence-electron chi connectivity index (χ4n) is 6.05. The van der Waals surface area contributed by atoms with Gasteiger partial charge in [-0.3, -0.25) is 9.59 Å². The number of benzene rings is 1. The Kier molecular flexibility index (Phi) is 7.63. The normalized spacial score (nSPS) is 22.2. The van der Waals surface area contributed by atoms with Crippen molar-refractivity contribution in [3.05, 3.63) is 71.3 Å². The lowest BCUT2D eigenvalue weighted by Crippen LogP contribution is -2.57. The summed E-state index contributed by atoms with van der Waals surface area (Å²) in [6.45, 7) is 4.68. The summed E-state index contributed by atoms with van der Waals surface area (Å²) in [5, 5.41) is 0. The molecule has 0 spiro atoms. The monoisotopic (exact) mass is 505 g/mol. The van der Waals surface area contributed by atoms with Crippen LogP contribution in [0.5, 0.6) is 0 Å². The molecule has 8 heteroatoms. The van der Waals surface area contributed by atoms with Crippen LogP contribution < -0.4 is 0 Å². The molecule has 1 aromatic heterocycles. The Morgan fingerprint density at radius 1 is 1.00 bits per heavy atom. The largest absolute Gasteiger partial charge is 0.462 e. The molecule has 2 aliphatic heterocycles. The van der Waals surface area contributed by atoms with Crippen LogP contribution in [0.4, 0.5) is 0 Å². The maximum Gasteiger partial charge on any atom is 0.345 e. The van der Waals surface area contributed by atoms with Gasteiger partial charge in [0.2, 0.25) is 0 Å². The van der Waals surface area contributed by atoms with E-state index in [1.807, 2.05) is 23.1 Å². The van der Waals surface area contributed by atoms with Gasteiger partial charge in [-0.15, -0.1) is 0 Å². The summed E-state index contributed by atoms with van der Waals surface area (Å²) in [7, 11) is 0. The van der Waals surface area contributed by atoms with Crippen molar-refractivity contribution in [2.45, 2.75) is 45.1 Å². The predicted molar refractivity (Wildman–Crippen MR) is 137 cm³/mol. The second-order valence-corrected chi connectivity index (χ2v) is 9.93. The number of carbonyl (C=O) groups excluding carboxylic acids is 3. The molecule has 37 heavy (non-hydrogen) atoms. The molecule has 196 valence electrons. The van der Waals surface area contributed by atoms with Crippen LogP contribution in [0, 0.1) is 5.92 Å². The molecule has 5 rings (SSSR count). The number of ether oxygens (including phenoxy) is 1. The third-order valence-electron chi connectivity index (χ3n) is 7.82. The molecule has 2 aromatic rings. The first-order valence-electron chi connectivity index (χ1n) is 13.4. The number of furan rings is 1. The highest BCUT2D eigenvalue weighted by atomic mass is 16.5. The van der Waals surface area contributed by atoms with Crippen molar-refractivity contribution in [3.8, 4) is 0 Å². The lowest BCUT2D eigenvalue weighted by Gasteiger charge is -2.49. The van der Waals surface area contributed by atoms with Gasteiger partial charge in [-0.25, -0.2) is 4.79 Å². The number of hydrogen-bond acceptors (Lipinski definition) is 6. The number of nitrogens with zero attached hydrogens (tertiary/aromatic N) is 3. The molecule has 1 saturated carbocycles. The summed E-state index contributed by atoms with van der Waals surface area (Å²) in [5.74, 6) is -0.471. The first-order chi connectivity index (χ1) is 18.1. The number of esters is 1. The van der Waals surface area contributed by atoms with E-state index in [1.54, 1.807) is 24.0 Å². The minimum absolute atomic E-state index is 0.0703. The maximum atomic E-state index is 14.0. The summed E-state index contributed by atoms with van der Waals surface area (Å²) < 4.78 is 10.7. The first-order valence-corrected chi connectivity index (χ1v) is 13.4. The highest BCUT2D eigenvalue weighted by molar-refractivity contribution is 6.17. The van der Waals surface area contributed by atoms with E-state index in [4.69, 9.17) is 9.15 Å². The molecule has 3 heterocycles. The minimum Gasteiger partial charge on any atom is -0.462 e. The fraction of sp³-hybridized carbons (Fsp3) is 0.483. The van der Waals surface area contributed by atoms with Crippen LogP contribution in [0.15, 0.2) is 64.4 Å². The van der Waals surface area contributed by atoms with Crippen LogP contribution in [0.1, 0.15) is 48.7 Å². The zero-order chi connectivity index (χ0) is 25.8. The molecule has 0 bridgehead atoms. The molecule has 2 unspecified atom stereocenters. The second-order valence-electron chi connectivity index (χ2n) is 9.93. The van der Waals surface area contributed by atoms with Crippen LogP contribution in [-0.2, 0) is 20.7 Å². The fourth-order valence-corrected chi connectivity index (χ4v) is 6.05. The van der Waals surface area contributed by atoms with Gasteiger partial charge in [-0.2, -0.15) is 0 Å². The summed E-state index contributed by atoms with van der Waals surface area (Å²) in [4.78, 5) is 45.9. The van der Waals surface area contributed by atoms with Crippen molar-refractivity contribution in [2.75, 3.05) is 39.3 Å². The van der Waals surface area contributed by atoms with Crippen LogP contribution >= 0.6 is 0 Å². The molecule has 1 aliphatic carbocycles. The number of rotatable bonds is 7. The Hall–Kier alpha value is -3.55. The van der Waals surface area contributed by atoms with Crippen LogP contribution in [-0.4, -0.2) is 77.9 Å². The smallest absolute Gasteiger partial charge is 0.345 e. The van der Waals surface area contributed by atoms with E-state index in [9.17, 15) is 14.4 Å². The molecule has 0 radical (unpaired) electrons. The van der Waals surface area contributed by atoms with Crippen LogP contribution in [0.2, 0.25) is 0 Å². The molecule has 2 amide bonds. The van der Waals surface area contributed by atoms with E-state index in [2.05, 4.69) is 17.0 Å². The van der Waals surface area contributed by atoms with Gasteiger partial charge in [0.25, 0.3) is 11.8 Å². The van der Waals surface area contributed by atoms with Gasteiger partial charge in [-0.1, -0.05) is 43.2 Å².